The molecule has 0 radical (unpaired) electrons. The number of hydrogen-bond donors (Lipinski definition) is 0. The van der Waals surface area contributed by atoms with E-state index >= 15 is 0 Å². The molecule has 0 fully saturated rings. The minimum atomic E-state index is -4.04. The molecule has 29 heavy (non-hydrogen) atoms. The summed E-state index contributed by atoms with van der Waals surface area (Å²) in [5, 5.41) is 9.53. The van der Waals surface area contributed by atoms with Crippen molar-refractivity contribution in [3.8, 4) is 35.3 Å². The van der Waals surface area contributed by atoms with Gasteiger partial charge in [0.2, 0.25) is 0 Å². The second-order valence-corrected chi connectivity index (χ2v) is 10.4. The standard InChI is InChI=1S/C21H13BrClNO3S2/c1-3-13-6-4-5-7-14(13)10-17-20(21(22)18(12-24)28-17)16-11-15(27-2)8-9-19(16)29(23,25)26/h1,4-9,11H,10H2,2H3. The summed E-state index contributed by atoms with van der Waals surface area (Å²) in [4.78, 5) is 1.15. The summed E-state index contributed by atoms with van der Waals surface area (Å²) >= 11 is 4.74. The van der Waals surface area contributed by atoms with Gasteiger partial charge in [-0.1, -0.05) is 24.1 Å². The highest BCUT2D eigenvalue weighted by atomic mass is 79.9. The average molecular weight is 507 g/mol. The summed E-state index contributed by atoms with van der Waals surface area (Å²) in [6.45, 7) is 0. The predicted octanol–water partition coefficient (Wildman–Crippen LogP) is 5.56. The maximum Gasteiger partial charge on any atom is 0.261 e. The van der Waals surface area contributed by atoms with Crippen LogP contribution in [0.2, 0.25) is 0 Å². The Labute approximate surface area is 186 Å². The largest absolute Gasteiger partial charge is 0.497 e. The number of hydrogen-bond acceptors (Lipinski definition) is 5. The molecule has 2 aromatic carbocycles. The Morgan fingerprint density at radius 3 is 2.62 bits per heavy atom. The van der Waals surface area contributed by atoms with Crippen LogP contribution in [0.25, 0.3) is 11.1 Å². The van der Waals surface area contributed by atoms with E-state index in [0.717, 1.165) is 16.0 Å². The van der Waals surface area contributed by atoms with Crippen LogP contribution >= 0.6 is 37.9 Å². The van der Waals surface area contributed by atoms with Crippen molar-refractivity contribution in [2.75, 3.05) is 7.11 Å². The smallest absolute Gasteiger partial charge is 0.261 e. The van der Waals surface area contributed by atoms with Gasteiger partial charge in [-0.05, 0) is 45.8 Å². The zero-order valence-electron chi connectivity index (χ0n) is 15.1. The maximum atomic E-state index is 12.2. The van der Waals surface area contributed by atoms with Crippen LogP contribution in [0.5, 0.6) is 5.75 Å². The van der Waals surface area contributed by atoms with Crippen molar-refractivity contribution < 1.29 is 13.2 Å². The Morgan fingerprint density at radius 2 is 2.00 bits per heavy atom. The summed E-state index contributed by atoms with van der Waals surface area (Å²) in [6.07, 6.45) is 6.04. The second kappa shape index (κ2) is 8.61. The van der Waals surface area contributed by atoms with Gasteiger partial charge in [0.1, 0.15) is 16.7 Å². The van der Waals surface area contributed by atoms with E-state index < -0.39 is 9.05 Å². The fourth-order valence-corrected chi connectivity index (χ4v) is 5.95. The third-order valence-electron chi connectivity index (χ3n) is 4.27. The Bertz CT molecular complexity index is 1280. The van der Waals surface area contributed by atoms with E-state index in [4.69, 9.17) is 21.8 Å². The van der Waals surface area contributed by atoms with Crippen molar-refractivity contribution in [2.24, 2.45) is 0 Å². The van der Waals surface area contributed by atoms with Crippen molar-refractivity contribution >= 4 is 47.0 Å². The molecule has 3 aromatic rings. The first-order valence-electron chi connectivity index (χ1n) is 8.19. The summed E-state index contributed by atoms with van der Waals surface area (Å²) in [5.74, 6) is 3.12. The van der Waals surface area contributed by atoms with Crippen molar-refractivity contribution in [2.45, 2.75) is 11.3 Å². The molecule has 0 aliphatic heterocycles. The lowest BCUT2D eigenvalue weighted by Gasteiger charge is -2.12. The van der Waals surface area contributed by atoms with E-state index in [0.29, 0.717) is 32.6 Å². The molecule has 0 aliphatic rings. The lowest BCUT2D eigenvalue weighted by Crippen LogP contribution is -1.98. The fourth-order valence-electron chi connectivity index (χ4n) is 2.95. The van der Waals surface area contributed by atoms with Gasteiger partial charge in [-0.15, -0.1) is 17.8 Å². The SMILES string of the molecule is C#Cc1ccccc1Cc1sc(C#N)c(Br)c1-c1cc(OC)ccc1S(=O)(=O)Cl. The Morgan fingerprint density at radius 1 is 1.28 bits per heavy atom. The predicted molar refractivity (Wildman–Crippen MR) is 119 cm³/mol. The molecule has 0 amide bonds. The molecule has 1 aromatic heterocycles. The Balaban J connectivity index is 2.30. The molecule has 0 bridgehead atoms. The van der Waals surface area contributed by atoms with E-state index in [9.17, 15) is 13.7 Å². The number of thiophene rings is 1. The van der Waals surface area contributed by atoms with Crippen LogP contribution in [0.3, 0.4) is 0 Å². The van der Waals surface area contributed by atoms with Gasteiger partial charge in [0.05, 0.1) is 16.5 Å². The zero-order chi connectivity index (χ0) is 21.2. The monoisotopic (exact) mass is 505 g/mol. The van der Waals surface area contributed by atoms with Gasteiger partial charge >= 0.3 is 0 Å². The van der Waals surface area contributed by atoms with Crippen molar-refractivity contribution in [3.05, 3.63) is 67.8 Å². The van der Waals surface area contributed by atoms with Gasteiger partial charge in [0, 0.05) is 38.7 Å². The lowest BCUT2D eigenvalue weighted by molar-refractivity contribution is 0.414. The molecule has 1 heterocycles. The van der Waals surface area contributed by atoms with E-state index in [1.165, 1.54) is 30.6 Å². The number of ether oxygens (including phenoxy) is 1. The molecular weight excluding hydrogens is 494 g/mol. The summed E-state index contributed by atoms with van der Waals surface area (Å²) in [5.41, 5.74) is 2.57. The average Bonchev–Trinajstić information content (AvgIpc) is 3.02. The quantitative estimate of drug-likeness (QED) is 0.336. The van der Waals surface area contributed by atoms with Crippen molar-refractivity contribution in [1.82, 2.24) is 0 Å². The highest BCUT2D eigenvalue weighted by Crippen LogP contribution is 2.45. The van der Waals surface area contributed by atoms with Crippen LogP contribution < -0.4 is 4.74 Å². The molecule has 0 saturated heterocycles. The summed E-state index contributed by atoms with van der Waals surface area (Å²) < 4.78 is 30.2. The Kier molecular flexibility index (Phi) is 6.36. The lowest BCUT2D eigenvalue weighted by atomic mass is 9.99. The minimum absolute atomic E-state index is 0.0607. The first-order valence-corrected chi connectivity index (χ1v) is 12.1. The van der Waals surface area contributed by atoms with E-state index in [2.05, 4.69) is 27.9 Å². The van der Waals surface area contributed by atoms with Gasteiger partial charge in [0.25, 0.3) is 9.05 Å². The van der Waals surface area contributed by atoms with Crippen LogP contribution in [-0.4, -0.2) is 15.5 Å². The first kappa shape index (κ1) is 21.4. The number of nitriles is 1. The summed E-state index contributed by atoms with van der Waals surface area (Å²) in [6, 6.07) is 14.1. The number of rotatable bonds is 5. The molecule has 0 unspecified atom stereocenters. The van der Waals surface area contributed by atoms with E-state index in [1.54, 1.807) is 6.07 Å². The van der Waals surface area contributed by atoms with E-state index in [-0.39, 0.29) is 4.90 Å². The van der Waals surface area contributed by atoms with Gasteiger partial charge in [-0.25, -0.2) is 8.42 Å². The van der Waals surface area contributed by atoms with Gasteiger partial charge < -0.3 is 4.74 Å². The molecule has 0 aliphatic carbocycles. The van der Waals surface area contributed by atoms with Crippen LogP contribution in [0.4, 0.5) is 0 Å². The highest BCUT2D eigenvalue weighted by Gasteiger charge is 2.25. The Hall–Kier alpha value is -2.29. The highest BCUT2D eigenvalue weighted by molar-refractivity contribution is 9.10. The topological polar surface area (TPSA) is 67.2 Å². The molecule has 0 atom stereocenters. The minimum Gasteiger partial charge on any atom is -0.497 e. The number of benzene rings is 2. The molecule has 0 saturated carbocycles. The van der Waals surface area contributed by atoms with Gasteiger partial charge in [-0.2, -0.15) is 5.26 Å². The number of terminal acetylenes is 1. The third-order valence-corrected chi connectivity index (χ3v) is 7.80. The second-order valence-electron chi connectivity index (χ2n) is 5.93. The van der Waals surface area contributed by atoms with Crippen LogP contribution in [-0.2, 0) is 15.5 Å². The number of halogens is 2. The maximum absolute atomic E-state index is 12.2. The normalized spacial score (nSPS) is 10.9. The number of methoxy groups -OCH3 is 1. The van der Waals surface area contributed by atoms with Crippen molar-refractivity contribution in [3.63, 3.8) is 0 Å². The first-order chi connectivity index (χ1) is 13.8. The zero-order valence-corrected chi connectivity index (χ0v) is 19.0. The van der Waals surface area contributed by atoms with Crippen LogP contribution in [0.1, 0.15) is 20.9 Å². The third kappa shape index (κ3) is 4.34. The molecule has 0 spiro atoms. The molecule has 146 valence electrons. The van der Waals surface area contributed by atoms with Gasteiger partial charge in [-0.3, -0.25) is 0 Å². The van der Waals surface area contributed by atoms with Gasteiger partial charge in [0.15, 0.2) is 0 Å². The fraction of sp³-hybridized carbons (Fsp3) is 0.0952. The van der Waals surface area contributed by atoms with Crippen LogP contribution in [0, 0.1) is 23.7 Å². The number of nitrogens with zero attached hydrogens (tertiary/aromatic N) is 1. The molecule has 0 N–H and O–H groups in total. The van der Waals surface area contributed by atoms with E-state index in [1.807, 2.05) is 24.3 Å². The molecule has 4 nitrogen and oxygen atoms in total. The van der Waals surface area contributed by atoms with Crippen molar-refractivity contribution in [1.29, 1.82) is 5.26 Å². The molecule has 3 rings (SSSR count). The molecular formula is C21H13BrClNO3S2. The summed E-state index contributed by atoms with van der Waals surface area (Å²) in [7, 11) is 3.14. The van der Waals surface area contributed by atoms with Crippen LogP contribution in [0.15, 0.2) is 51.8 Å². The molecule has 8 heteroatoms.